The molecule has 0 spiro atoms. The molecule has 0 saturated carbocycles. The summed E-state index contributed by atoms with van der Waals surface area (Å²) in [6.45, 7) is 1.19. The molecule has 1 N–H and O–H groups in total. The van der Waals surface area contributed by atoms with Crippen LogP contribution in [0, 0.1) is 12.7 Å². The molecule has 2 aromatic rings. The quantitative estimate of drug-likeness (QED) is 0.832. The molecular formula is C17H16FNO4. The molecule has 0 heterocycles. The highest BCUT2D eigenvalue weighted by atomic mass is 19.1. The highest BCUT2D eigenvalue weighted by Crippen LogP contribution is 2.12. The van der Waals surface area contributed by atoms with Crippen molar-refractivity contribution in [3.8, 4) is 5.75 Å². The van der Waals surface area contributed by atoms with Gasteiger partial charge in [0, 0.05) is 5.69 Å². The molecule has 23 heavy (non-hydrogen) atoms. The number of amides is 1. The lowest BCUT2D eigenvalue weighted by Crippen LogP contribution is -2.23. The van der Waals surface area contributed by atoms with Gasteiger partial charge in [-0.2, -0.15) is 0 Å². The van der Waals surface area contributed by atoms with Crippen LogP contribution in [0.1, 0.15) is 5.56 Å². The third-order valence-electron chi connectivity index (χ3n) is 2.84. The van der Waals surface area contributed by atoms with Crippen LogP contribution >= 0.6 is 0 Å². The van der Waals surface area contributed by atoms with Gasteiger partial charge in [0.1, 0.15) is 11.6 Å². The fourth-order valence-corrected chi connectivity index (χ4v) is 1.77. The van der Waals surface area contributed by atoms with Crippen molar-refractivity contribution in [2.75, 3.05) is 18.5 Å². The summed E-state index contributed by atoms with van der Waals surface area (Å²) in [4.78, 5) is 23.1. The average molecular weight is 317 g/mol. The van der Waals surface area contributed by atoms with Gasteiger partial charge in [0.25, 0.3) is 5.91 Å². The number of hydrogen-bond donors (Lipinski definition) is 1. The monoisotopic (exact) mass is 317 g/mol. The lowest BCUT2D eigenvalue weighted by Gasteiger charge is -2.08. The minimum absolute atomic E-state index is 0.284. The van der Waals surface area contributed by atoms with Crippen molar-refractivity contribution in [2.45, 2.75) is 6.92 Å². The van der Waals surface area contributed by atoms with Crippen molar-refractivity contribution in [3.63, 3.8) is 0 Å². The lowest BCUT2D eigenvalue weighted by molar-refractivity contribution is -0.149. The molecule has 0 fully saturated rings. The van der Waals surface area contributed by atoms with Gasteiger partial charge in [-0.05, 0) is 48.9 Å². The van der Waals surface area contributed by atoms with Gasteiger partial charge in [-0.25, -0.2) is 9.18 Å². The van der Waals surface area contributed by atoms with Crippen molar-refractivity contribution < 1.29 is 23.5 Å². The van der Waals surface area contributed by atoms with Crippen LogP contribution < -0.4 is 10.1 Å². The van der Waals surface area contributed by atoms with Crippen molar-refractivity contribution in [1.29, 1.82) is 0 Å². The Labute approximate surface area is 133 Å². The smallest absolute Gasteiger partial charge is 0.344 e. The summed E-state index contributed by atoms with van der Waals surface area (Å²) >= 11 is 0. The van der Waals surface area contributed by atoms with Gasteiger partial charge in [-0.1, -0.05) is 12.1 Å². The van der Waals surface area contributed by atoms with E-state index in [9.17, 15) is 14.0 Å². The number of halogens is 1. The summed E-state index contributed by atoms with van der Waals surface area (Å²) in [5, 5.41) is 2.48. The fourth-order valence-electron chi connectivity index (χ4n) is 1.77. The molecule has 0 aliphatic carbocycles. The number of ether oxygens (including phenoxy) is 2. The van der Waals surface area contributed by atoms with Gasteiger partial charge in [0.05, 0.1) is 0 Å². The number of carbonyl (C=O) groups is 2. The third-order valence-corrected chi connectivity index (χ3v) is 2.84. The van der Waals surface area contributed by atoms with Gasteiger partial charge >= 0.3 is 5.97 Å². The lowest BCUT2D eigenvalue weighted by atomic mass is 10.2. The Bertz CT molecular complexity index is 685. The molecule has 1 amide bonds. The second-order valence-electron chi connectivity index (χ2n) is 4.82. The van der Waals surface area contributed by atoms with Crippen LogP contribution in [0.4, 0.5) is 10.1 Å². The topological polar surface area (TPSA) is 64.6 Å². The molecule has 0 unspecified atom stereocenters. The fraction of sp³-hybridized carbons (Fsp3) is 0.176. The van der Waals surface area contributed by atoms with Crippen molar-refractivity contribution >= 4 is 17.6 Å². The second-order valence-corrected chi connectivity index (χ2v) is 4.82. The first-order chi connectivity index (χ1) is 11.0. The predicted molar refractivity (Wildman–Crippen MR) is 82.7 cm³/mol. The first-order valence-corrected chi connectivity index (χ1v) is 6.93. The molecule has 2 rings (SSSR count). The van der Waals surface area contributed by atoms with E-state index >= 15 is 0 Å². The maximum Gasteiger partial charge on any atom is 0.344 e. The van der Waals surface area contributed by atoms with Crippen LogP contribution in [0.5, 0.6) is 5.75 Å². The number of esters is 1. The molecule has 5 nitrogen and oxygen atoms in total. The van der Waals surface area contributed by atoms with Crippen LogP contribution in [0.2, 0.25) is 0 Å². The van der Waals surface area contributed by atoms with E-state index in [1.165, 1.54) is 24.3 Å². The zero-order valence-corrected chi connectivity index (χ0v) is 12.5. The molecule has 0 radical (unpaired) electrons. The van der Waals surface area contributed by atoms with E-state index in [-0.39, 0.29) is 6.61 Å². The first kappa shape index (κ1) is 16.5. The van der Waals surface area contributed by atoms with Gasteiger partial charge < -0.3 is 14.8 Å². The van der Waals surface area contributed by atoms with Crippen LogP contribution in [0.25, 0.3) is 0 Å². The Kier molecular flexibility index (Phi) is 5.68. The van der Waals surface area contributed by atoms with Gasteiger partial charge in [-0.3, -0.25) is 4.79 Å². The summed E-state index contributed by atoms with van der Waals surface area (Å²) in [5.41, 5.74) is 1.43. The summed E-state index contributed by atoms with van der Waals surface area (Å²) in [6, 6.07) is 12.5. The number of benzene rings is 2. The zero-order chi connectivity index (χ0) is 16.7. The molecule has 120 valence electrons. The van der Waals surface area contributed by atoms with Crippen LogP contribution in [-0.4, -0.2) is 25.1 Å². The van der Waals surface area contributed by atoms with E-state index in [0.29, 0.717) is 11.4 Å². The molecule has 0 aliphatic rings. The average Bonchev–Trinajstić information content (AvgIpc) is 2.53. The van der Waals surface area contributed by atoms with Crippen LogP contribution in [0.15, 0.2) is 48.5 Å². The van der Waals surface area contributed by atoms with Crippen molar-refractivity contribution in [3.05, 3.63) is 59.9 Å². The molecule has 2 aromatic carbocycles. The van der Waals surface area contributed by atoms with E-state index in [4.69, 9.17) is 9.47 Å². The van der Waals surface area contributed by atoms with Gasteiger partial charge in [-0.15, -0.1) is 0 Å². The molecule has 6 heteroatoms. The zero-order valence-electron chi connectivity index (χ0n) is 12.5. The Morgan fingerprint density at radius 1 is 1.09 bits per heavy atom. The highest BCUT2D eigenvalue weighted by molar-refractivity contribution is 5.92. The Balaban J connectivity index is 1.71. The highest BCUT2D eigenvalue weighted by Gasteiger charge is 2.09. The van der Waals surface area contributed by atoms with Crippen LogP contribution in [-0.2, 0) is 14.3 Å². The maximum atomic E-state index is 12.7. The van der Waals surface area contributed by atoms with Crippen molar-refractivity contribution in [2.24, 2.45) is 0 Å². The number of rotatable bonds is 6. The third kappa shape index (κ3) is 5.78. The number of aryl methyl sites for hydroxylation is 1. The standard InChI is InChI=1S/C17H16FNO4/c1-12-3-2-4-15(9-12)22-11-17(21)23-10-16(20)19-14-7-5-13(18)6-8-14/h2-9H,10-11H2,1H3,(H,19,20). The largest absolute Gasteiger partial charge is 0.482 e. The Morgan fingerprint density at radius 2 is 1.83 bits per heavy atom. The van der Waals surface area contributed by atoms with E-state index < -0.39 is 24.3 Å². The number of hydrogen-bond acceptors (Lipinski definition) is 4. The van der Waals surface area contributed by atoms with E-state index in [1.807, 2.05) is 19.1 Å². The van der Waals surface area contributed by atoms with Crippen molar-refractivity contribution in [1.82, 2.24) is 0 Å². The normalized spacial score (nSPS) is 10.0. The molecular weight excluding hydrogens is 301 g/mol. The minimum Gasteiger partial charge on any atom is -0.482 e. The molecule has 0 aliphatic heterocycles. The van der Waals surface area contributed by atoms with Crippen LogP contribution in [0.3, 0.4) is 0 Å². The van der Waals surface area contributed by atoms with E-state index in [2.05, 4.69) is 5.32 Å². The number of carbonyl (C=O) groups excluding carboxylic acids is 2. The minimum atomic E-state index is -0.652. The summed E-state index contributed by atoms with van der Waals surface area (Å²) in [7, 11) is 0. The SMILES string of the molecule is Cc1cccc(OCC(=O)OCC(=O)Nc2ccc(F)cc2)c1. The summed E-state index contributed by atoms with van der Waals surface area (Å²) in [6.07, 6.45) is 0. The van der Waals surface area contributed by atoms with E-state index in [1.54, 1.807) is 12.1 Å². The summed E-state index contributed by atoms with van der Waals surface area (Å²) < 4.78 is 22.8. The van der Waals surface area contributed by atoms with Gasteiger partial charge in [0.2, 0.25) is 0 Å². The maximum absolute atomic E-state index is 12.7. The number of nitrogens with one attached hydrogen (secondary N) is 1. The summed E-state index contributed by atoms with van der Waals surface area (Å²) in [5.74, 6) is -1.01. The molecule has 0 saturated heterocycles. The molecule has 0 aromatic heterocycles. The second kappa shape index (κ2) is 7.93. The predicted octanol–water partition coefficient (Wildman–Crippen LogP) is 2.69. The number of anilines is 1. The van der Waals surface area contributed by atoms with Gasteiger partial charge in [0.15, 0.2) is 13.2 Å². The molecule has 0 bridgehead atoms. The Morgan fingerprint density at radius 3 is 2.52 bits per heavy atom. The molecule has 0 atom stereocenters. The first-order valence-electron chi connectivity index (χ1n) is 6.93. The Hall–Kier alpha value is -2.89. The van der Waals surface area contributed by atoms with E-state index in [0.717, 1.165) is 5.56 Å².